The van der Waals surface area contributed by atoms with Crippen LogP contribution in [0.2, 0.25) is 0 Å². The Morgan fingerprint density at radius 3 is 2.91 bits per heavy atom. The Morgan fingerprint density at radius 2 is 2.13 bits per heavy atom. The van der Waals surface area contributed by atoms with Crippen molar-refractivity contribution in [3.8, 4) is 5.75 Å². The summed E-state index contributed by atoms with van der Waals surface area (Å²) in [6.45, 7) is 1.23. The number of rotatable bonds is 4. The molecule has 0 spiro atoms. The van der Waals surface area contributed by atoms with E-state index in [-0.39, 0.29) is 5.91 Å². The number of anilines is 3. The van der Waals surface area contributed by atoms with Crippen LogP contribution < -0.4 is 20.7 Å². The molecule has 0 aliphatic carbocycles. The number of nitrogens with one attached hydrogen (secondary N) is 1. The third-order valence-corrected chi connectivity index (χ3v) is 4.05. The number of hydrogen-bond donors (Lipinski definition) is 2. The number of nitrogen functional groups attached to an aromatic ring is 1. The highest BCUT2D eigenvalue weighted by molar-refractivity contribution is 5.94. The number of fused-ring (bicyclic) bond motifs is 1. The van der Waals surface area contributed by atoms with Crippen molar-refractivity contribution in [2.45, 2.75) is 12.8 Å². The van der Waals surface area contributed by atoms with E-state index in [1.165, 1.54) is 5.56 Å². The molecule has 2 aromatic carbocycles. The van der Waals surface area contributed by atoms with Gasteiger partial charge in [-0.25, -0.2) is 0 Å². The molecular formula is C18H21N3O2. The predicted octanol–water partition coefficient (Wildman–Crippen LogP) is 2.67. The number of nitrogens with zero attached hydrogens (tertiary/aromatic N) is 1. The summed E-state index contributed by atoms with van der Waals surface area (Å²) in [7, 11) is 1.57. The van der Waals surface area contributed by atoms with Crippen molar-refractivity contribution >= 4 is 23.0 Å². The Labute approximate surface area is 136 Å². The third kappa shape index (κ3) is 3.39. The van der Waals surface area contributed by atoms with Gasteiger partial charge in [0.25, 0.3) is 0 Å². The first kappa shape index (κ1) is 15.2. The van der Waals surface area contributed by atoms with Gasteiger partial charge in [0.15, 0.2) is 0 Å². The van der Waals surface area contributed by atoms with Gasteiger partial charge in [-0.1, -0.05) is 18.2 Å². The molecule has 0 radical (unpaired) electrons. The normalized spacial score (nSPS) is 13.3. The molecule has 0 saturated heterocycles. The molecule has 120 valence electrons. The van der Waals surface area contributed by atoms with Crippen molar-refractivity contribution in [3.05, 3.63) is 48.0 Å². The molecule has 5 heteroatoms. The third-order valence-electron chi connectivity index (χ3n) is 4.05. The molecule has 5 nitrogen and oxygen atoms in total. The van der Waals surface area contributed by atoms with Crippen LogP contribution >= 0.6 is 0 Å². The Balaban J connectivity index is 1.67. The lowest BCUT2D eigenvalue weighted by molar-refractivity contribution is -0.115. The Bertz CT molecular complexity index is 715. The van der Waals surface area contributed by atoms with E-state index in [2.05, 4.69) is 22.3 Å². The number of amides is 1. The molecule has 0 fully saturated rings. The van der Waals surface area contributed by atoms with Crippen molar-refractivity contribution in [1.29, 1.82) is 0 Å². The number of hydrogen-bond acceptors (Lipinski definition) is 4. The highest BCUT2D eigenvalue weighted by Crippen LogP contribution is 2.27. The first-order valence-electron chi connectivity index (χ1n) is 7.73. The minimum absolute atomic E-state index is 0.0498. The molecule has 0 atom stereocenters. The van der Waals surface area contributed by atoms with Crippen molar-refractivity contribution < 1.29 is 9.53 Å². The molecule has 0 unspecified atom stereocenters. The summed E-state index contributed by atoms with van der Waals surface area (Å²) in [6.07, 6.45) is 2.14. The van der Waals surface area contributed by atoms with Crippen LogP contribution in [0, 0.1) is 0 Å². The lowest BCUT2D eigenvalue weighted by Crippen LogP contribution is -2.36. The van der Waals surface area contributed by atoms with Crippen LogP contribution in [0.15, 0.2) is 42.5 Å². The Kier molecular flexibility index (Phi) is 4.37. The molecule has 23 heavy (non-hydrogen) atoms. The fourth-order valence-electron chi connectivity index (χ4n) is 2.96. The second kappa shape index (κ2) is 6.60. The maximum Gasteiger partial charge on any atom is 0.243 e. The average molecular weight is 311 g/mol. The van der Waals surface area contributed by atoms with Gasteiger partial charge in [0, 0.05) is 17.9 Å². The van der Waals surface area contributed by atoms with Gasteiger partial charge in [-0.05, 0) is 42.7 Å². The molecule has 0 bridgehead atoms. The second-order valence-corrected chi connectivity index (χ2v) is 5.66. The Morgan fingerprint density at radius 1 is 1.30 bits per heavy atom. The van der Waals surface area contributed by atoms with Crippen LogP contribution in [-0.2, 0) is 11.2 Å². The van der Waals surface area contributed by atoms with Gasteiger partial charge >= 0.3 is 0 Å². The quantitative estimate of drug-likeness (QED) is 0.852. The van der Waals surface area contributed by atoms with E-state index >= 15 is 0 Å². The van der Waals surface area contributed by atoms with E-state index in [9.17, 15) is 4.79 Å². The number of methoxy groups -OCH3 is 1. The molecule has 3 N–H and O–H groups in total. The minimum atomic E-state index is -0.0498. The summed E-state index contributed by atoms with van der Waals surface area (Å²) in [5, 5.41) is 2.90. The first-order chi connectivity index (χ1) is 11.2. The second-order valence-electron chi connectivity index (χ2n) is 5.66. The summed E-state index contributed by atoms with van der Waals surface area (Å²) in [4.78, 5) is 14.5. The zero-order chi connectivity index (χ0) is 16.2. The van der Waals surface area contributed by atoms with Crippen LogP contribution in [0.3, 0.4) is 0 Å². The topological polar surface area (TPSA) is 67.6 Å². The number of carbonyl (C=O) groups excluding carboxylic acids is 1. The minimum Gasteiger partial charge on any atom is -0.495 e. The summed E-state index contributed by atoms with van der Waals surface area (Å²) >= 11 is 0. The lowest BCUT2D eigenvalue weighted by atomic mass is 10.0. The molecule has 3 rings (SSSR count). The number of nitrogens with two attached hydrogens (primary N) is 1. The van der Waals surface area contributed by atoms with Crippen LogP contribution in [0.5, 0.6) is 5.75 Å². The molecule has 1 heterocycles. The monoisotopic (exact) mass is 311 g/mol. The molecule has 1 amide bonds. The molecule has 1 aliphatic heterocycles. The summed E-state index contributed by atoms with van der Waals surface area (Å²) < 4.78 is 5.12. The molecule has 0 saturated carbocycles. The maximum atomic E-state index is 12.3. The summed E-state index contributed by atoms with van der Waals surface area (Å²) in [5.41, 5.74) is 9.52. The van der Waals surface area contributed by atoms with Crippen LogP contribution in [-0.4, -0.2) is 26.1 Å². The van der Waals surface area contributed by atoms with Gasteiger partial charge in [-0.2, -0.15) is 0 Å². The van der Waals surface area contributed by atoms with Crippen molar-refractivity contribution in [2.24, 2.45) is 0 Å². The van der Waals surface area contributed by atoms with Crippen molar-refractivity contribution in [1.82, 2.24) is 0 Å². The van der Waals surface area contributed by atoms with E-state index in [4.69, 9.17) is 10.5 Å². The first-order valence-corrected chi connectivity index (χ1v) is 7.73. The summed E-state index contributed by atoms with van der Waals surface area (Å²) in [6, 6.07) is 13.5. The lowest BCUT2D eigenvalue weighted by Gasteiger charge is -2.30. The number of carbonyl (C=O) groups is 1. The zero-order valence-electron chi connectivity index (χ0n) is 13.2. The molecule has 1 aliphatic rings. The Hall–Kier alpha value is -2.69. The fraction of sp³-hybridized carbons (Fsp3) is 0.278. The van der Waals surface area contributed by atoms with E-state index < -0.39 is 0 Å². The van der Waals surface area contributed by atoms with Crippen molar-refractivity contribution in [2.75, 3.05) is 36.1 Å². The summed E-state index contributed by atoms with van der Waals surface area (Å²) in [5.74, 6) is 0.555. The van der Waals surface area contributed by atoms with E-state index in [1.54, 1.807) is 25.3 Å². The number of aryl methyl sites for hydroxylation is 1. The van der Waals surface area contributed by atoms with Crippen LogP contribution in [0.25, 0.3) is 0 Å². The van der Waals surface area contributed by atoms with Gasteiger partial charge in [0.2, 0.25) is 5.91 Å². The van der Waals surface area contributed by atoms with E-state index in [1.807, 2.05) is 12.1 Å². The zero-order valence-corrected chi connectivity index (χ0v) is 13.2. The SMILES string of the molecule is COc1ccc(NC(=O)CN2CCCc3ccccc32)cc1N. The van der Waals surface area contributed by atoms with Gasteiger partial charge in [0.05, 0.1) is 19.3 Å². The van der Waals surface area contributed by atoms with Crippen molar-refractivity contribution in [3.63, 3.8) is 0 Å². The van der Waals surface area contributed by atoms with Crippen LogP contribution in [0.1, 0.15) is 12.0 Å². The predicted molar refractivity (Wildman–Crippen MR) is 93.0 cm³/mol. The fourth-order valence-corrected chi connectivity index (χ4v) is 2.96. The smallest absolute Gasteiger partial charge is 0.243 e. The standard InChI is InChI=1S/C18H21N3O2/c1-23-17-9-8-14(11-15(17)19)20-18(22)12-21-10-4-6-13-5-2-3-7-16(13)21/h2-3,5,7-9,11H,4,6,10,12,19H2,1H3,(H,20,22). The van der Waals surface area contributed by atoms with Gasteiger partial charge in [0.1, 0.15) is 5.75 Å². The number of para-hydroxylation sites is 1. The molecule has 0 aromatic heterocycles. The maximum absolute atomic E-state index is 12.3. The average Bonchev–Trinajstić information content (AvgIpc) is 2.55. The number of ether oxygens (including phenoxy) is 1. The number of benzene rings is 2. The molecular weight excluding hydrogens is 290 g/mol. The van der Waals surface area contributed by atoms with Gasteiger partial charge in [-0.3, -0.25) is 4.79 Å². The van der Waals surface area contributed by atoms with Gasteiger partial charge in [-0.15, -0.1) is 0 Å². The highest BCUT2D eigenvalue weighted by Gasteiger charge is 2.18. The van der Waals surface area contributed by atoms with E-state index in [0.717, 1.165) is 25.1 Å². The largest absolute Gasteiger partial charge is 0.495 e. The van der Waals surface area contributed by atoms with E-state index in [0.29, 0.717) is 23.7 Å². The van der Waals surface area contributed by atoms with Crippen LogP contribution in [0.4, 0.5) is 17.1 Å². The molecule has 2 aromatic rings. The van der Waals surface area contributed by atoms with Gasteiger partial charge < -0.3 is 20.7 Å². The highest BCUT2D eigenvalue weighted by atomic mass is 16.5.